The Morgan fingerprint density at radius 3 is 2.72 bits per heavy atom. The van der Waals surface area contributed by atoms with Gasteiger partial charge in [0.25, 0.3) is 0 Å². The quantitative estimate of drug-likeness (QED) is 0.863. The van der Waals surface area contributed by atoms with Crippen molar-refractivity contribution in [3.63, 3.8) is 0 Å². The number of anilines is 1. The summed E-state index contributed by atoms with van der Waals surface area (Å²) in [4.78, 5) is 27.2. The van der Waals surface area contributed by atoms with Crippen LogP contribution < -0.4 is 20.7 Å². The summed E-state index contributed by atoms with van der Waals surface area (Å²) in [5, 5.41) is 2.97. The van der Waals surface area contributed by atoms with Gasteiger partial charge in [-0.15, -0.1) is 0 Å². The molecule has 0 radical (unpaired) electrons. The molecule has 1 aromatic carbocycles. The van der Waals surface area contributed by atoms with Crippen molar-refractivity contribution < 1.29 is 14.3 Å². The van der Waals surface area contributed by atoms with Gasteiger partial charge in [0.1, 0.15) is 11.8 Å². The molecular formula is C19H25N3O3. The fourth-order valence-corrected chi connectivity index (χ4v) is 4.90. The van der Waals surface area contributed by atoms with Crippen molar-refractivity contribution in [2.24, 2.45) is 23.5 Å². The largest absolute Gasteiger partial charge is 0.495 e. The number of nitrogens with zero attached hydrogens (tertiary/aromatic N) is 1. The van der Waals surface area contributed by atoms with E-state index in [4.69, 9.17) is 10.5 Å². The van der Waals surface area contributed by atoms with Crippen LogP contribution in [0.5, 0.6) is 5.75 Å². The van der Waals surface area contributed by atoms with E-state index >= 15 is 0 Å². The van der Waals surface area contributed by atoms with Crippen molar-refractivity contribution in [2.45, 2.75) is 37.8 Å². The Bertz CT molecular complexity index is 690. The fourth-order valence-electron chi connectivity index (χ4n) is 4.90. The third-order valence-electron chi connectivity index (χ3n) is 6.18. The molecule has 3 N–H and O–H groups in total. The number of carbonyl (C=O) groups is 2. The van der Waals surface area contributed by atoms with Crippen molar-refractivity contribution in [3.05, 3.63) is 24.3 Å². The smallest absolute Gasteiger partial charge is 0.249 e. The van der Waals surface area contributed by atoms with E-state index in [1.807, 2.05) is 24.3 Å². The summed E-state index contributed by atoms with van der Waals surface area (Å²) in [7, 11) is 1.59. The Kier molecular flexibility index (Phi) is 4.15. The molecule has 134 valence electrons. The van der Waals surface area contributed by atoms with Gasteiger partial charge in [0, 0.05) is 12.6 Å². The van der Waals surface area contributed by atoms with Crippen LogP contribution in [0.15, 0.2) is 24.3 Å². The van der Waals surface area contributed by atoms with E-state index in [0.717, 1.165) is 24.9 Å². The standard InChI is InChI=1S/C19H25N3O3/c1-25-15-5-3-2-4-14(15)22-9-8-13(19(22)24)21-18(23)16-11-6-7-12(10-11)17(16)20/h2-5,11-13,16-17H,6-10,20H2,1H3,(H,21,23). The van der Waals surface area contributed by atoms with Crippen molar-refractivity contribution in [1.82, 2.24) is 5.32 Å². The lowest BCUT2D eigenvalue weighted by Gasteiger charge is -2.28. The molecule has 3 fully saturated rings. The predicted molar refractivity (Wildman–Crippen MR) is 94.2 cm³/mol. The maximum atomic E-state index is 12.8. The minimum atomic E-state index is -0.469. The van der Waals surface area contributed by atoms with Gasteiger partial charge in [0.15, 0.2) is 0 Å². The molecule has 5 atom stereocenters. The van der Waals surface area contributed by atoms with E-state index < -0.39 is 6.04 Å². The van der Waals surface area contributed by atoms with Crippen LogP contribution in [0.3, 0.4) is 0 Å². The van der Waals surface area contributed by atoms with E-state index in [9.17, 15) is 9.59 Å². The summed E-state index contributed by atoms with van der Waals surface area (Å²) in [5.41, 5.74) is 7.01. The monoisotopic (exact) mass is 343 g/mol. The molecule has 0 aromatic heterocycles. The number of ether oxygens (including phenoxy) is 1. The van der Waals surface area contributed by atoms with Gasteiger partial charge in [-0.1, -0.05) is 12.1 Å². The van der Waals surface area contributed by atoms with Crippen molar-refractivity contribution in [2.75, 3.05) is 18.6 Å². The minimum absolute atomic E-state index is 0.0417. The van der Waals surface area contributed by atoms with Crippen LogP contribution in [0.4, 0.5) is 5.69 Å². The SMILES string of the molecule is COc1ccccc1N1CCC(NC(=O)C2C3CCC(C3)C2N)C1=O. The highest BCUT2D eigenvalue weighted by Crippen LogP contribution is 2.47. The zero-order valence-corrected chi connectivity index (χ0v) is 14.5. The molecular weight excluding hydrogens is 318 g/mol. The second-order valence-corrected chi connectivity index (χ2v) is 7.45. The molecule has 2 bridgehead atoms. The zero-order valence-electron chi connectivity index (χ0n) is 14.5. The molecule has 0 spiro atoms. The van der Waals surface area contributed by atoms with Gasteiger partial charge in [-0.3, -0.25) is 9.59 Å². The molecule has 1 saturated heterocycles. The number of hydrogen-bond donors (Lipinski definition) is 2. The van der Waals surface area contributed by atoms with E-state index in [0.29, 0.717) is 30.6 Å². The van der Waals surface area contributed by atoms with Gasteiger partial charge in [-0.25, -0.2) is 0 Å². The van der Waals surface area contributed by atoms with E-state index in [2.05, 4.69) is 5.32 Å². The summed E-state index contributed by atoms with van der Waals surface area (Å²) < 4.78 is 5.35. The maximum Gasteiger partial charge on any atom is 0.249 e. The highest BCUT2D eigenvalue weighted by atomic mass is 16.5. The Hall–Kier alpha value is -2.08. The molecule has 2 amide bonds. The number of rotatable bonds is 4. The van der Waals surface area contributed by atoms with E-state index in [-0.39, 0.29) is 23.8 Å². The number of amides is 2. The van der Waals surface area contributed by atoms with E-state index in [1.54, 1.807) is 12.0 Å². The Morgan fingerprint density at radius 2 is 2.00 bits per heavy atom. The first kappa shape index (κ1) is 16.4. The first-order valence-electron chi connectivity index (χ1n) is 9.10. The average molecular weight is 343 g/mol. The molecule has 1 aliphatic heterocycles. The van der Waals surface area contributed by atoms with Crippen molar-refractivity contribution >= 4 is 17.5 Å². The van der Waals surface area contributed by atoms with Gasteiger partial charge in [0.05, 0.1) is 18.7 Å². The van der Waals surface area contributed by atoms with Crippen LogP contribution in [0.2, 0.25) is 0 Å². The fraction of sp³-hybridized carbons (Fsp3) is 0.579. The molecule has 2 saturated carbocycles. The molecule has 5 unspecified atom stereocenters. The summed E-state index contributed by atoms with van der Waals surface area (Å²) in [5.74, 6) is 1.28. The summed E-state index contributed by atoms with van der Waals surface area (Å²) in [6.45, 7) is 0.576. The van der Waals surface area contributed by atoms with Crippen LogP contribution in [-0.4, -0.2) is 37.6 Å². The highest BCUT2D eigenvalue weighted by Gasteiger charge is 2.50. The second kappa shape index (κ2) is 6.33. The van der Waals surface area contributed by atoms with Crippen LogP contribution in [0.1, 0.15) is 25.7 Å². The topological polar surface area (TPSA) is 84.7 Å². The van der Waals surface area contributed by atoms with Gasteiger partial charge >= 0.3 is 0 Å². The lowest BCUT2D eigenvalue weighted by molar-refractivity contribution is -0.130. The molecule has 1 aromatic rings. The number of hydrogen-bond acceptors (Lipinski definition) is 4. The average Bonchev–Trinajstić information content (AvgIpc) is 3.31. The molecule has 2 aliphatic carbocycles. The summed E-state index contributed by atoms with van der Waals surface area (Å²) in [6.07, 6.45) is 3.89. The maximum absolute atomic E-state index is 12.8. The normalized spacial score (nSPS) is 33.8. The van der Waals surface area contributed by atoms with Crippen molar-refractivity contribution in [1.29, 1.82) is 0 Å². The second-order valence-electron chi connectivity index (χ2n) is 7.45. The molecule has 3 aliphatic rings. The number of methoxy groups -OCH3 is 1. The van der Waals surface area contributed by atoms with Crippen LogP contribution in [-0.2, 0) is 9.59 Å². The first-order valence-corrected chi connectivity index (χ1v) is 9.10. The number of nitrogens with one attached hydrogen (secondary N) is 1. The third kappa shape index (κ3) is 2.68. The zero-order chi connectivity index (χ0) is 17.6. The molecule has 6 nitrogen and oxygen atoms in total. The molecule has 1 heterocycles. The number of fused-ring (bicyclic) bond motifs is 2. The van der Waals surface area contributed by atoms with Gasteiger partial charge in [0.2, 0.25) is 11.8 Å². The Labute approximate surface area is 147 Å². The first-order chi connectivity index (χ1) is 12.1. The number of carbonyl (C=O) groups excluding carboxylic acids is 2. The number of nitrogens with two attached hydrogens (primary N) is 1. The Morgan fingerprint density at radius 1 is 1.24 bits per heavy atom. The van der Waals surface area contributed by atoms with Gasteiger partial charge in [-0.05, 0) is 49.7 Å². The van der Waals surface area contributed by atoms with Crippen LogP contribution >= 0.6 is 0 Å². The Balaban J connectivity index is 1.45. The lowest BCUT2D eigenvalue weighted by atomic mass is 9.84. The number of benzene rings is 1. The molecule has 4 rings (SSSR count). The predicted octanol–water partition coefficient (Wildman–Crippen LogP) is 1.29. The third-order valence-corrected chi connectivity index (χ3v) is 6.18. The van der Waals surface area contributed by atoms with Crippen LogP contribution in [0.25, 0.3) is 0 Å². The number of para-hydroxylation sites is 2. The molecule has 25 heavy (non-hydrogen) atoms. The minimum Gasteiger partial charge on any atom is -0.495 e. The summed E-state index contributed by atoms with van der Waals surface area (Å²) in [6, 6.07) is 6.93. The van der Waals surface area contributed by atoms with Crippen molar-refractivity contribution in [3.8, 4) is 5.75 Å². The van der Waals surface area contributed by atoms with Gasteiger partial charge in [-0.2, -0.15) is 0 Å². The van der Waals surface area contributed by atoms with Gasteiger partial charge < -0.3 is 20.7 Å². The summed E-state index contributed by atoms with van der Waals surface area (Å²) >= 11 is 0. The van der Waals surface area contributed by atoms with Crippen LogP contribution in [0, 0.1) is 17.8 Å². The highest BCUT2D eigenvalue weighted by molar-refractivity contribution is 6.02. The lowest BCUT2D eigenvalue weighted by Crippen LogP contribution is -2.50. The van der Waals surface area contributed by atoms with E-state index in [1.165, 1.54) is 0 Å². The molecule has 6 heteroatoms.